The monoisotopic (exact) mass is 253 g/mol. The fraction of sp³-hybridized carbons (Fsp3) is 1.00. The van der Waals surface area contributed by atoms with Crippen LogP contribution in [0.1, 0.15) is 19.3 Å². The van der Waals surface area contributed by atoms with Gasteiger partial charge in [0.1, 0.15) is 0 Å². The van der Waals surface area contributed by atoms with E-state index in [1.165, 1.54) is 0 Å². The smallest absolute Gasteiger partial charge is 0.211 e. The summed E-state index contributed by atoms with van der Waals surface area (Å²) in [6, 6.07) is 0. The standard InChI is InChI=1S/C9H19NO3S2/c11-5-1-6-14-7-4-10-15(12,13)8-9-2-3-9/h9-11H,1-8H2. The summed E-state index contributed by atoms with van der Waals surface area (Å²) in [7, 11) is -3.02. The Hall–Kier alpha value is 0.220. The van der Waals surface area contributed by atoms with Crippen LogP contribution in [-0.2, 0) is 10.0 Å². The van der Waals surface area contributed by atoms with Gasteiger partial charge in [0, 0.05) is 18.9 Å². The van der Waals surface area contributed by atoms with Gasteiger partial charge in [-0.25, -0.2) is 13.1 Å². The van der Waals surface area contributed by atoms with E-state index in [1.807, 2.05) is 0 Å². The van der Waals surface area contributed by atoms with Crippen molar-refractivity contribution in [3.63, 3.8) is 0 Å². The first-order chi connectivity index (χ1) is 7.14. The van der Waals surface area contributed by atoms with Crippen LogP contribution in [0.3, 0.4) is 0 Å². The highest BCUT2D eigenvalue weighted by Crippen LogP contribution is 2.29. The quantitative estimate of drug-likeness (QED) is 0.585. The molecule has 0 saturated heterocycles. The van der Waals surface area contributed by atoms with E-state index in [2.05, 4.69) is 4.72 Å². The number of aliphatic hydroxyl groups is 1. The summed E-state index contributed by atoms with van der Waals surface area (Å²) in [6.07, 6.45) is 2.90. The van der Waals surface area contributed by atoms with E-state index in [0.29, 0.717) is 18.2 Å². The predicted molar refractivity (Wildman–Crippen MR) is 63.5 cm³/mol. The van der Waals surface area contributed by atoms with Gasteiger partial charge >= 0.3 is 0 Å². The predicted octanol–water partition coefficient (Wildman–Crippen LogP) is 0.431. The zero-order valence-corrected chi connectivity index (χ0v) is 10.4. The number of aliphatic hydroxyl groups excluding tert-OH is 1. The molecule has 1 aliphatic rings. The Balaban J connectivity index is 1.98. The molecule has 6 heteroatoms. The molecule has 1 saturated carbocycles. The molecule has 0 unspecified atom stereocenters. The van der Waals surface area contributed by atoms with E-state index in [-0.39, 0.29) is 6.61 Å². The number of sulfonamides is 1. The molecule has 0 bridgehead atoms. The van der Waals surface area contributed by atoms with Crippen molar-refractivity contribution >= 4 is 21.8 Å². The van der Waals surface area contributed by atoms with Crippen molar-refractivity contribution in [1.29, 1.82) is 0 Å². The van der Waals surface area contributed by atoms with E-state index in [0.717, 1.165) is 30.8 Å². The van der Waals surface area contributed by atoms with Crippen molar-refractivity contribution in [3.8, 4) is 0 Å². The third-order valence-corrected chi connectivity index (χ3v) is 4.79. The fourth-order valence-electron chi connectivity index (χ4n) is 1.19. The molecular formula is C9H19NO3S2. The summed E-state index contributed by atoms with van der Waals surface area (Å²) in [4.78, 5) is 0. The van der Waals surface area contributed by atoms with Gasteiger partial charge in [-0.05, 0) is 30.9 Å². The van der Waals surface area contributed by atoms with Crippen molar-refractivity contribution in [1.82, 2.24) is 4.72 Å². The molecule has 2 N–H and O–H groups in total. The van der Waals surface area contributed by atoms with Crippen molar-refractivity contribution < 1.29 is 13.5 Å². The van der Waals surface area contributed by atoms with E-state index < -0.39 is 10.0 Å². The Morgan fingerprint density at radius 3 is 2.67 bits per heavy atom. The fourth-order valence-corrected chi connectivity index (χ4v) is 3.59. The van der Waals surface area contributed by atoms with E-state index in [1.54, 1.807) is 11.8 Å². The number of rotatable bonds is 9. The molecule has 1 aliphatic carbocycles. The van der Waals surface area contributed by atoms with Crippen molar-refractivity contribution in [2.75, 3.05) is 30.4 Å². The minimum Gasteiger partial charge on any atom is -0.396 e. The first-order valence-corrected chi connectivity index (χ1v) is 8.10. The molecule has 0 spiro atoms. The first-order valence-electron chi connectivity index (χ1n) is 5.30. The lowest BCUT2D eigenvalue weighted by atomic mass is 10.5. The largest absolute Gasteiger partial charge is 0.396 e. The second kappa shape index (κ2) is 6.73. The van der Waals surface area contributed by atoms with Gasteiger partial charge in [0.2, 0.25) is 10.0 Å². The van der Waals surface area contributed by atoms with Gasteiger partial charge < -0.3 is 5.11 Å². The summed E-state index contributed by atoms with van der Waals surface area (Å²) < 4.78 is 25.4. The van der Waals surface area contributed by atoms with Crippen LogP contribution in [0.4, 0.5) is 0 Å². The summed E-state index contributed by atoms with van der Waals surface area (Å²) in [5.41, 5.74) is 0. The highest BCUT2D eigenvalue weighted by Gasteiger charge is 2.27. The van der Waals surface area contributed by atoms with Crippen LogP contribution >= 0.6 is 11.8 Å². The summed E-state index contributed by atoms with van der Waals surface area (Å²) in [5.74, 6) is 2.38. The minimum absolute atomic E-state index is 0.209. The maximum absolute atomic E-state index is 11.4. The Labute approximate surface area is 95.9 Å². The highest BCUT2D eigenvalue weighted by atomic mass is 32.2. The summed E-state index contributed by atoms with van der Waals surface area (Å²) in [6.45, 7) is 0.714. The normalized spacial score (nSPS) is 16.9. The molecule has 90 valence electrons. The summed E-state index contributed by atoms with van der Waals surface area (Å²) >= 11 is 1.67. The molecule has 0 amide bonds. The number of hydrogen-bond donors (Lipinski definition) is 2. The molecular weight excluding hydrogens is 234 g/mol. The second-order valence-electron chi connectivity index (χ2n) is 3.81. The van der Waals surface area contributed by atoms with Crippen molar-refractivity contribution in [2.45, 2.75) is 19.3 Å². The highest BCUT2D eigenvalue weighted by molar-refractivity contribution is 7.99. The topological polar surface area (TPSA) is 66.4 Å². The lowest BCUT2D eigenvalue weighted by Crippen LogP contribution is -2.29. The molecule has 0 aromatic rings. The second-order valence-corrected chi connectivity index (χ2v) is 6.88. The Morgan fingerprint density at radius 2 is 2.07 bits per heavy atom. The molecule has 0 heterocycles. The minimum atomic E-state index is -3.02. The number of thioether (sulfide) groups is 1. The molecule has 0 atom stereocenters. The molecule has 0 aromatic heterocycles. The molecule has 0 aliphatic heterocycles. The molecule has 0 aromatic carbocycles. The van der Waals surface area contributed by atoms with Gasteiger partial charge in [-0.15, -0.1) is 0 Å². The molecule has 4 nitrogen and oxygen atoms in total. The lowest BCUT2D eigenvalue weighted by molar-refractivity contribution is 0.296. The van der Waals surface area contributed by atoms with Crippen LogP contribution in [0.25, 0.3) is 0 Å². The molecule has 15 heavy (non-hydrogen) atoms. The van der Waals surface area contributed by atoms with Crippen LogP contribution in [0, 0.1) is 5.92 Å². The van der Waals surface area contributed by atoms with Gasteiger partial charge in [0.25, 0.3) is 0 Å². The lowest BCUT2D eigenvalue weighted by Gasteiger charge is -2.05. The zero-order chi connectivity index (χ0) is 11.1. The molecule has 0 radical (unpaired) electrons. The van der Waals surface area contributed by atoms with Crippen LogP contribution in [0.15, 0.2) is 0 Å². The maximum Gasteiger partial charge on any atom is 0.211 e. The van der Waals surface area contributed by atoms with Crippen molar-refractivity contribution in [2.24, 2.45) is 5.92 Å². The van der Waals surface area contributed by atoms with E-state index in [4.69, 9.17) is 5.11 Å². The number of nitrogens with one attached hydrogen (secondary N) is 1. The van der Waals surface area contributed by atoms with Crippen LogP contribution in [0.2, 0.25) is 0 Å². The Bertz CT molecular complexity index is 263. The average Bonchev–Trinajstić information content (AvgIpc) is 2.94. The SMILES string of the molecule is O=S(=O)(CC1CC1)NCCSCCCO. The summed E-state index contributed by atoms with van der Waals surface area (Å²) in [5, 5.41) is 8.53. The van der Waals surface area contributed by atoms with Crippen LogP contribution in [-0.4, -0.2) is 43.9 Å². The van der Waals surface area contributed by atoms with E-state index >= 15 is 0 Å². The van der Waals surface area contributed by atoms with Gasteiger partial charge in [-0.3, -0.25) is 0 Å². The molecule has 1 fully saturated rings. The molecule has 1 rings (SSSR count). The van der Waals surface area contributed by atoms with Gasteiger partial charge in [-0.1, -0.05) is 0 Å². The third kappa shape index (κ3) is 7.16. The van der Waals surface area contributed by atoms with Gasteiger partial charge in [-0.2, -0.15) is 11.8 Å². The maximum atomic E-state index is 11.4. The Kier molecular flexibility index (Phi) is 5.96. The van der Waals surface area contributed by atoms with Crippen LogP contribution in [0.5, 0.6) is 0 Å². The average molecular weight is 253 g/mol. The first kappa shape index (κ1) is 13.3. The van der Waals surface area contributed by atoms with Gasteiger partial charge in [0.05, 0.1) is 5.75 Å². The van der Waals surface area contributed by atoms with E-state index in [9.17, 15) is 8.42 Å². The van der Waals surface area contributed by atoms with Crippen LogP contribution < -0.4 is 4.72 Å². The Morgan fingerprint density at radius 1 is 1.33 bits per heavy atom. The third-order valence-electron chi connectivity index (χ3n) is 2.17. The van der Waals surface area contributed by atoms with Gasteiger partial charge in [0.15, 0.2) is 0 Å². The number of hydrogen-bond acceptors (Lipinski definition) is 4. The zero-order valence-electron chi connectivity index (χ0n) is 8.81. The van der Waals surface area contributed by atoms with Crippen molar-refractivity contribution in [3.05, 3.63) is 0 Å².